The van der Waals surface area contributed by atoms with Crippen molar-refractivity contribution < 1.29 is 28.9 Å². The molecule has 0 aromatic carbocycles. The van der Waals surface area contributed by atoms with Crippen LogP contribution in [0.1, 0.15) is 152 Å². The number of fused-ring (bicyclic) bond motifs is 1. The number of likely N-dealkylation sites (N-methyl/N-ethyl adjacent to an activating group) is 1. The number of aldehydes is 1. The molecule has 8 nitrogen and oxygen atoms in total. The van der Waals surface area contributed by atoms with Gasteiger partial charge >= 0.3 is 0 Å². The average Bonchev–Trinajstić information content (AvgIpc) is 3.46. The SMILES string of the molecule is C=C1CC[C@H](OCCCNC(=O)CC(CC)(C[N-]CC)OCCC(C)(C)OCC=O)C/C1=C/C=C1\CCC[C@]2(C)[C@@H]([C@H](C)CCCC(C)(C)O)CC[C@@H]12. The zero-order valence-corrected chi connectivity index (χ0v) is 35.0. The van der Waals surface area contributed by atoms with E-state index in [2.05, 4.69) is 43.2 Å². The molecule has 1 unspecified atom stereocenters. The van der Waals surface area contributed by atoms with E-state index in [1.807, 2.05) is 41.5 Å². The predicted molar refractivity (Wildman–Crippen MR) is 217 cm³/mol. The minimum absolute atomic E-state index is 0.0329. The standard InChI is InChI=1S/C45H77N2O6/c1-10-45(33-46-11-2,53-29-25-43(7,8)52-30-27-48)32-41(49)47-26-14-28-51-38-20-17-34(3)37(31-38)19-18-36-16-13-24-44(9)39(21-22-40(36)44)35(4)15-12-23-42(5,6)50/h18-19,27,35,38-40,50H,3,10-17,20-26,28-33H2,1-2,4-9H3,(H,47,49)/q-1/b36-18+,37-19-/t35-,38+,39-,40+,44-,45?/m1/s1. The maximum absolute atomic E-state index is 13.1. The Balaban J connectivity index is 1.47. The maximum atomic E-state index is 13.1. The van der Waals surface area contributed by atoms with Crippen LogP contribution in [0.2, 0.25) is 0 Å². The molecule has 3 aliphatic carbocycles. The fourth-order valence-corrected chi connectivity index (χ4v) is 9.35. The summed E-state index contributed by atoms with van der Waals surface area (Å²) in [6.07, 6.45) is 20.5. The minimum atomic E-state index is -0.660. The molecule has 0 radical (unpaired) electrons. The topological polar surface area (TPSA) is 108 Å². The maximum Gasteiger partial charge on any atom is 0.222 e. The molecular formula is C45H77N2O6-. The molecule has 0 heterocycles. The fraction of sp³-hybridized carbons (Fsp3) is 0.822. The van der Waals surface area contributed by atoms with Crippen LogP contribution in [-0.2, 0) is 23.8 Å². The molecule has 0 aromatic rings. The highest BCUT2D eigenvalue weighted by Crippen LogP contribution is 2.60. The molecule has 0 spiro atoms. The number of hydrogen-bond acceptors (Lipinski definition) is 6. The van der Waals surface area contributed by atoms with Gasteiger partial charge in [0.1, 0.15) is 12.9 Å². The van der Waals surface area contributed by atoms with Gasteiger partial charge in [0.05, 0.1) is 29.3 Å². The van der Waals surface area contributed by atoms with Crippen LogP contribution in [0.15, 0.2) is 35.5 Å². The first-order chi connectivity index (χ1) is 25.1. The number of carbonyl (C=O) groups excluding carboxylic acids is 2. The van der Waals surface area contributed by atoms with Crippen molar-refractivity contribution in [3.8, 4) is 0 Å². The molecule has 3 rings (SSSR count). The Morgan fingerprint density at radius 2 is 1.85 bits per heavy atom. The van der Waals surface area contributed by atoms with Gasteiger partial charge in [0.25, 0.3) is 0 Å². The van der Waals surface area contributed by atoms with Crippen molar-refractivity contribution in [2.45, 2.75) is 175 Å². The Labute approximate surface area is 323 Å². The van der Waals surface area contributed by atoms with Gasteiger partial charge < -0.3 is 34.7 Å². The summed E-state index contributed by atoms with van der Waals surface area (Å²) in [5.74, 6) is 2.09. The van der Waals surface area contributed by atoms with Gasteiger partial charge in [-0.1, -0.05) is 70.4 Å². The Hall–Kier alpha value is -1.84. The Bertz CT molecular complexity index is 1220. The highest BCUT2D eigenvalue weighted by molar-refractivity contribution is 5.77. The van der Waals surface area contributed by atoms with Gasteiger partial charge in [-0.2, -0.15) is 6.54 Å². The molecule has 0 aromatic heterocycles. The van der Waals surface area contributed by atoms with Gasteiger partial charge in [0.15, 0.2) is 0 Å². The largest absolute Gasteiger partial charge is 0.660 e. The second kappa shape index (κ2) is 21.5. The molecule has 2 N–H and O–H groups in total. The highest BCUT2D eigenvalue weighted by atomic mass is 16.5. The second-order valence-electron chi connectivity index (χ2n) is 18.0. The van der Waals surface area contributed by atoms with E-state index >= 15 is 0 Å². The van der Waals surface area contributed by atoms with Gasteiger partial charge in [-0.25, -0.2) is 0 Å². The number of nitrogens with one attached hydrogen (secondary N) is 1. The van der Waals surface area contributed by atoms with Gasteiger partial charge in [0.2, 0.25) is 5.91 Å². The molecule has 3 fully saturated rings. The quantitative estimate of drug-likeness (QED) is 0.0754. The molecule has 8 heteroatoms. The first kappa shape index (κ1) is 45.5. The normalized spacial score (nSPS) is 27.1. The van der Waals surface area contributed by atoms with Crippen molar-refractivity contribution in [1.29, 1.82) is 0 Å². The molecule has 53 heavy (non-hydrogen) atoms. The van der Waals surface area contributed by atoms with E-state index in [-0.39, 0.29) is 25.0 Å². The van der Waals surface area contributed by atoms with Crippen molar-refractivity contribution in [1.82, 2.24) is 5.32 Å². The van der Waals surface area contributed by atoms with E-state index in [0.717, 1.165) is 50.7 Å². The summed E-state index contributed by atoms with van der Waals surface area (Å²) in [5, 5.41) is 17.9. The summed E-state index contributed by atoms with van der Waals surface area (Å²) in [5.41, 5.74) is 2.87. The number of nitrogens with zero attached hydrogens (tertiary/aromatic N) is 1. The van der Waals surface area contributed by atoms with Crippen LogP contribution in [0.5, 0.6) is 0 Å². The molecule has 304 valence electrons. The highest BCUT2D eigenvalue weighted by Gasteiger charge is 2.50. The molecule has 0 bridgehead atoms. The van der Waals surface area contributed by atoms with E-state index in [1.54, 1.807) is 5.57 Å². The number of aliphatic hydroxyl groups is 1. The molecular weight excluding hydrogens is 665 g/mol. The van der Waals surface area contributed by atoms with Crippen LogP contribution in [0.25, 0.3) is 5.32 Å². The molecule has 3 aliphatic rings. The Morgan fingerprint density at radius 3 is 2.55 bits per heavy atom. The van der Waals surface area contributed by atoms with Crippen LogP contribution in [-0.4, -0.2) is 79.7 Å². The third kappa shape index (κ3) is 14.6. The van der Waals surface area contributed by atoms with Crippen LogP contribution >= 0.6 is 0 Å². The first-order valence-electron chi connectivity index (χ1n) is 21.1. The lowest BCUT2D eigenvalue weighted by Crippen LogP contribution is -2.43. The van der Waals surface area contributed by atoms with E-state index in [4.69, 9.17) is 14.2 Å². The van der Waals surface area contributed by atoms with Gasteiger partial charge in [-0.05, 0) is 133 Å². The molecule has 3 saturated carbocycles. The summed E-state index contributed by atoms with van der Waals surface area (Å²) < 4.78 is 18.3. The zero-order valence-electron chi connectivity index (χ0n) is 35.0. The van der Waals surface area contributed by atoms with Crippen molar-refractivity contribution in [3.05, 3.63) is 40.8 Å². The molecule has 6 atom stereocenters. The third-order valence-electron chi connectivity index (χ3n) is 12.7. The first-order valence-corrected chi connectivity index (χ1v) is 21.1. The van der Waals surface area contributed by atoms with Gasteiger partial charge in [-0.3, -0.25) is 4.79 Å². The monoisotopic (exact) mass is 742 g/mol. The Morgan fingerprint density at radius 1 is 1.08 bits per heavy atom. The van der Waals surface area contributed by atoms with Crippen LogP contribution in [0.4, 0.5) is 0 Å². The van der Waals surface area contributed by atoms with E-state index in [0.29, 0.717) is 62.9 Å². The van der Waals surface area contributed by atoms with Crippen molar-refractivity contribution in [2.75, 3.05) is 39.5 Å². The predicted octanol–water partition coefficient (Wildman–Crippen LogP) is 9.60. The van der Waals surface area contributed by atoms with Crippen molar-refractivity contribution in [3.63, 3.8) is 0 Å². The number of allylic oxidation sites excluding steroid dienone is 4. The van der Waals surface area contributed by atoms with E-state index in [1.165, 1.54) is 49.7 Å². The minimum Gasteiger partial charge on any atom is -0.660 e. The summed E-state index contributed by atoms with van der Waals surface area (Å²) in [4.78, 5) is 23.8. The van der Waals surface area contributed by atoms with Gasteiger partial charge in [-0.15, -0.1) is 6.54 Å². The lowest BCUT2D eigenvalue weighted by molar-refractivity contribution is -0.132. The third-order valence-corrected chi connectivity index (χ3v) is 12.7. The van der Waals surface area contributed by atoms with E-state index < -0.39 is 16.8 Å². The number of rotatable bonds is 24. The molecule has 0 aliphatic heterocycles. The summed E-state index contributed by atoms with van der Waals surface area (Å²) in [6, 6.07) is 0. The van der Waals surface area contributed by atoms with Gasteiger partial charge in [0, 0.05) is 19.8 Å². The fourth-order valence-electron chi connectivity index (χ4n) is 9.35. The second-order valence-corrected chi connectivity index (χ2v) is 18.0. The number of ether oxygens (including phenoxy) is 3. The summed E-state index contributed by atoms with van der Waals surface area (Å²) >= 11 is 0. The van der Waals surface area contributed by atoms with Crippen LogP contribution < -0.4 is 5.32 Å². The molecule has 1 amide bonds. The van der Waals surface area contributed by atoms with Crippen LogP contribution in [0, 0.1) is 23.2 Å². The lowest BCUT2D eigenvalue weighted by Gasteiger charge is -2.44. The lowest BCUT2D eigenvalue weighted by atomic mass is 9.60. The average molecular weight is 742 g/mol. The van der Waals surface area contributed by atoms with Crippen molar-refractivity contribution >= 4 is 12.2 Å². The Kier molecular flexibility index (Phi) is 18.4. The molecule has 0 saturated heterocycles. The smallest absolute Gasteiger partial charge is 0.222 e. The number of carbonyl (C=O) groups is 2. The summed E-state index contributed by atoms with van der Waals surface area (Å²) in [6.45, 7) is 24.0. The number of hydrogen-bond donors (Lipinski definition) is 2. The zero-order chi connectivity index (χ0) is 39.1. The van der Waals surface area contributed by atoms with Crippen LogP contribution in [0.3, 0.4) is 0 Å². The van der Waals surface area contributed by atoms with E-state index in [9.17, 15) is 14.7 Å². The number of amides is 1. The summed E-state index contributed by atoms with van der Waals surface area (Å²) in [7, 11) is 0. The van der Waals surface area contributed by atoms with Crippen molar-refractivity contribution in [2.24, 2.45) is 23.2 Å².